The molecule has 0 fully saturated rings. The number of fused-ring (bicyclic) bond motifs is 1. The molecule has 0 saturated heterocycles. The SMILES string of the molecule is CC(NC(=O)c1ccc2cncc(-c3ccccc3)c2n1)c1ccccc1. The molecule has 4 nitrogen and oxygen atoms in total. The number of benzene rings is 2. The lowest BCUT2D eigenvalue weighted by atomic mass is 10.0. The van der Waals surface area contributed by atoms with Gasteiger partial charge in [0.15, 0.2) is 0 Å². The summed E-state index contributed by atoms with van der Waals surface area (Å²) in [6.07, 6.45) is 3.56. The van der Waals surface area contributed by atoms with E-state index in [1.165, 1.54) is 0 Å². The van der Waals surface area contributed by atoms with Crippen molar-refractivity contribution in [1.29, 1.82) is 0 Å². The van der Waals surface area contributed by atoms with Crippen molar-refractivity contribution >= 4 is 16.8 Å². The smallest absolute Gasteiger partial charge is 0.270 e. The van der Waals surface area contributed by atoms with Crippen molar-refractivity contribution in [2.75, 3.05) is 0 Å². The Kier molecular flexibility index (Phi) is 4.62. The highest BCUT2D eigenvalue weighted by Crippen LogP contribution is 2.26. The van der Waals surface area contributed by atoms with E-state index in [4.69, 9.17) is 0 Å². The van der Waals surface area contributed by atoms with Crippen LogP contribution in [-0.4, -0.2) is 15.9 Å². The summed E-state index contributed by atoms with van der Waals surface area (Å²) in [5, 5.41) is 3.93. The average Bonchev–Trinajstić information content (AvgIpc) is 2.74. The topological polar surface area (TPSA) is 54.9 Å². The maximum absolute atomic E-state index is 12.7. The Hall–Kier alpha value is -3.53. The van der Waals surface area contributed by atoms with Gasteiger partial charge in [0, 0.05) is 23.3 Å². The number of carbonyl (C=O) groups is 1. The van der Waals surface area contributed by atoms with Crippen molar-refractivity contribution in [3.05, 3.63) is 96.4 Å². The molecule has 2 aromatic heterocycles. The second-order valence-electron chi connectivity index (χ2n) is 6.43. The Morgan fingerprint density at radius 1 is 0.889 bits per heavy atom. The molecule has 0 spiro atoms. The first-order chi connectivity index (χ1) is 13.2. The molecule has 1 atom stereocenters. The van der Waals surface area contributed by atoms with Gasteiger partial charge in [-0.05, 0) is 30.2 Å². The van der Waals surface area contributed by atoms with Crippen molar-refractivity contribution in [1.82, 2.24) is 15.3 Å². The molecular formula is C23H19N3O. The third-order valence-corrected chi connectivity index (χ3v) is 4.56. The standard InChI is InChI=1S/C23H19N3O/c1-16(17-8-4-2-5-9-17)25-23(27)21-13-12-19-14-24-15-20(22(19)26-21)18-10-6-3-7-11-18/h2-16H,1H3,(H,25,27). The molecule has 0 aliphatic rings. The molecule has 1 amide bonds. The van der Waals surface area contributed by atoms with Gasteiger partial charge in [-0.3, -0.25) is 9.78 Å². The van der Waals surface area contributed by atoms with Gasteiger partial charge in [-0.15, -0.1) is 0 Å². The van der Waals surface area contributed by atoms with Gasteiger partial charge in [0.25, 0.3) is 5.91 Å². The molecule has 2 aromatic carbocycles. The van der Waals surface area contributed by atoms with Crippen molar-refractivity contribution < 1.29 is 4.79 Å². The molecule has 4 rings (SSSR count). The lowest BCUT2D eigenvalue weighted by Gasteiger charge is -2.14. The van der Waals surface area contributed by atoms with Crippen molar-refractivity contribution in [3.63, 3.8) is 0 Å². The van der Waals surface area contributed by atoms with E-state index in [2.05, 4.69) is 15.3 Å². The first-order valence-corrected chi connectivity index (χ1v) is 8.88. The molecular weight excluding hydrogens is 334 g/mol. The summed E-state index contributed by atoms with van der Waals surface area (Å²) in [5.74, 6) is -0.191. The van der Waals surface area contributed by atoms with Crippen LogP contribution in [0.25, 0.3) is 22.0 Å². The zero-order valence-electron chi connectivity index (χ0n) is 15.0. The van der Waals surface area contributed by atoms with E-state index in [0.29, 0.717) is 5.69 Å². The van der Waals surface area contributed by atoms with Gasteiger partial charge in [0.2, 0.25) is 0 Å². The predicted octanol–water partition coefficient (Wildman–Crippen LogP) is 4.79. The van der Waals surface area contributed by atoms with E-state index in [1.807, 2.05) is 73.7 Å². The summed E-state index contributed by atoms with van der Waals surface area (Å²) in [6, 6.07) is 23.4. The third-order valence-electron chi connectivity index (χ3n) is 4.56. The zero-order valence-corrected chi connectivity index (χ0v) is 15.0. The first kappa shape index (κ1) is 16.9. The number of pyridine rings is 2. The number of rotatable bonds is 4. The average molecular weight is 353 g/mol. The summed E-state index contributed by atoms with van der Waals surface area (Å²) < 4.78 is 0. The molecule has 4 heteroatoms. The maximum atomic E-state index is 12.7. The molecule has 1 N–H and O–H groups in total. The van der Waals surface area contributed by atoms with Crippen LogP contribution >= 0.6 is 0 Å². The number of carbonyl (C=O) groups excluding carboxylic acids is 1. The summed E-state index contributed by atoms with van der Waals surface area (Å²) in [4.78, 5) is 21.7. The van der Waals surface area contributed by atoms with Gasteiger partial charge in [-0.2, -0.15) is 0 Å². The molecule has 0 radical (unpaired) electrons. The maximum Gasteiger partial charge on any atom is 0.270 e. The molecule has 0 aliphatic heterocycles. The van der Waals surface area contributed by atoms with Gasteiger partial charge in [-0.25, -0.2) is 4.98 Å². The Balaban J connectivity index is 1.68. The van der Waals surface area contributed by atoms with Crippen molar-refractivity contribution in [3.8, 4) is 11.1 Å². The minimum atomic E-state index is -0.191. The minimum absolute atomic E-state index is 0.0952. The number of hydrogen-bond acceptors (Lipinski definition) is 3. The van der Waals surface area contributed by atoms with Crippen LogP contribution in [0.4, 0.5) is 0 Å². The molecule has 132 valence electrons. The van der Waals surface area contributed by atoms with Crippen molar-refractivity contribution in [2.24, 2.45) is 0 Å². The second-order valence-corrected chi connectivity index (χ2v) is 6.43. The minimum Gasteiger partial charge on any atom is -0.344 e. The van der Waals surface area contributed by atoms with E-state index >= 15 is 0 Å². The molecule has 2 heterocycles. The summed E-state index contributed by atoms with van der Waals surface area (Å²) in [7, 11) is 0. The Morgan fingerprint density at radius 3 is 2.33 bits per heavy atom. The van der Waals surface area contributed by atoms with Crippen LogP contribution in [0.3, 0.4) is 0 Å². The largest absolute Gasteiger partial charge is 0.344 e. The van der Waals surface area contributed by atoms with Gasteiger partial charge in [0.05, 0.1) is 11.6 Å². The fourth-order valence-electron chi connectivity index (χ4n) is 3.09. The zero-order chi connectivity index (χ0) is 18.6. The second kappa shape index (κ2) is 7.38. The molecule has 27 heavy (non-hydrogen) atoms. The Morgan fingerprint density at radius 2 is 1.59 bits per heavy atom. The predicted molar refractivity (Wildman–Crippen MR) is 107 cm³/mol. The van der Waals surface area contributed by atoms with Crippen LogP contribution in [0, 0.1) is 0 Å². The number of nitrogens with zero attached hydrogens (tertiary/aromatic N) is 2. The van der Waals surface area contributed by atoms with E-state index in [-0.39, 0.29) is 11.9 Å². The summed E-state index contributed by atoms with van der Waals surface area (Å²) in [5.41, 5.74) is 4.17. The quantitative estimate of drug-likeness (QED) is 0.574. The Bertz CT molecular complexity index is 1080. The molecule has 4 aromatic rings. The normalized spacial score (nSPS) is 11.9. The van der Waals surface area contributed by atoms with Crippen molar-refractivity contribution in [2.45, 2.75) is 13.0 Å². The highest BCUT2D eigenvalue weighted by molar-refractivity contribution is 5.98. The van der Waals surface area contributed by atoms with E-state index < -0.39 is 0 Å². The van der Waals surface area contributed by atoms with E-state index in [1.54, 1.807) is 18.5 Å². The monoisotopic (exact) mass is 353 g/mol. The number of aromatic nitrogens is 2. The molecule has 0 saturated carbocycles. The third kappa shape index (κ3) is 3.55. The van der Waals surface area contributed by atoms with Gasteiger partial charge in [0.1, 0.15) is 5.69 Å². The summed E-state index contributed by atoms with van der Waals surface area (Å²) >= 11 is 0. The summed E-state index contributed by atoms with van der Waals surface area (Å²) in [6.45, 7) is 1.97. The lowest BCUT2D eigenvalue weighted by Crippen LogP contribution is -2.27. The fraction of sp³-hybridized carbons (Fsp3) is 0.0870. The number of amides is 1. The molecule has 0 aliphatic carbocycles. The van der Waals surface area contributed by atoms with Gasteiger partial charge in [-0.1, -0.05) is 60.7 Å². The van der Waals surface area contributed by atoms with Crippen LogP contribution in [0.5, 0.6) is 0 Å². The van der Waals surface area contributed by atoms with Crippen LogP contribution in [-0.2, 0) is 0 Å². The highest BCUT2D eigenvalue weighted by Gasteiger charge is 2.14. The van der Waals surface area contributed by atoms with Gasteiger partial charge >= 0.3 is 0 Å². The number of hydrogen-bond donors (Lipinski definition) is 1. The molecule has 0 bridgehead atoms. The van der Waals surface area contributed by atoms with Crippen LogP contribution in [0.1, 0.15) is 29.0 Å². The van der Waals surface area contributed by atoms with Crippen LogP contribution < -0.4 is 5.32 Å². The van der Waals surface area contributed by atoms with Crippen LogP contribution in [0.2, 0.25) is 0 Å². The lowest BCUT2D eigenvalue weighted by molar-refractivity contribution is 0.0935. The van der Waals surface area contributed by atoms with E-state index in [0.717, 1.165) is 27.6 Å². The highest BCUT2D eigenvalue weighted by atomic mass is 16.1. The van der Waals surface area contributed by atoms with E-state index in [9.17, 15) is 4.79 Å². The Labute approximate surface area is 157 Å². The number of nitrogens with one attached hydrogen (secondary N) is 1. The van der Waals surface area contributed by atoms with Crippen LogP contribution in [0.15, 0.2) is 85.2 Å². The fourth-order valence-corrected chi connectivity index (χ4v) is 3.09. The molecule has 1 unspecified atom stereocenters. The van der Waals surface area contributed by atoms with Gasteiger partial charge < -0.3 is 5.32 Å². The first-order valence-electron chi connectivity index (χ1n) is 8.88.